The normalized spacial score (nSPS) is 28.2. The van der Waals surface area contributed by atoms with Gasteiger partial charge in [0, 0.05) is 19.2 Å². The molecule has 3 amide bonds. The number of carbonyl (C=O) groups excluding carboxylic acids is 3. The monoisotopic (exact) mass is 357 g/mol. The molecule has 4 N–H and O–H groups in total. The molecule has 0 bridgehead atoms. The van der Waals surface area contributed by atoms with Crippen LogP contribution in [0.25, 0.3) is 0 Å². The lowest BCUT2D eigenvalue weighted by Gasteiger charge is -2.33. The van der Waals surface area contributed by atoms with Crippen LogP contribution in [-0.2, 0) is 14.4 Å². The van der Waals surface area contributed by atoms with Crippen LogP contribution in [0.3, 0.4) is 0 Å². The van der Waals surface area contributed by atoms with E-state index in [4.69, 9.17) is 5.11 Å². The van der Waals surface area contributed by atoms with Gasteiger partial charge in [-0.15, -0.1) is 11.8 Å². The number of unbranched alkanes of at least 4 members (excludes halogenated alkanes) is 1. The molecule has 2 aliphatic heterocycles. The summed E-state index contributed by atoms with van der Waals surface area (Å²) in [7, 11) is 1.56. The Morgan fingerprint density at radius 2 is 2.21 bits per heavy atom. The van der Waals surface area contributed by atoms with Gasteiger partial charge in [-0.2, -0.15) is 0 Å². The predicted molar refractivity (Wildman–Crippen MR) is 87.0 cm³/mol. The third kappa shape index (κ3) is 3.99. The standard InChI is InChI=1S/C14H21N4O5S/c1-18(6-7-19)17-12(22)14(5-3-2-4-10(20)21)11-9(8-24-14)15-13(23)16-11/h9,11H,2-6,8H2,1H3,(H,17,22)(H,20,21)(H2,15,16,23)/t9-,11-,14-/m0/s1. The third-order valence-electron chi connectivity index (χ3n) is 4.20. The van der Waals surface area contributed by atoms with Gasteiger partial charge in [0.25, 0.3) is 5.91 Å². The van der Waals surface area contributed by atoms with Crippen molar-refractivity contribution in [2.24, 2.45) is 0 Å². The van der Waals surface area contributed by atoms with Gasteiger partial charge in [-0.3, -0.25) is 19.8 Å². The number of aliphatic carboxylic acids is 1. The number of fused-ring (bicyclic) bond motifs is 1. The minimum Gasteiger partial charge on any atom is -0.481 e. The fourth-order valence-electron chi connectivity index (χ4n) is 3.06. The molecule has 0 aromatic rings. The molecule has 9 nitrogen and oxygen atoms in total. The molecule has 3 atom stereocenters. The number of carbonyl (C=O) groups is 3. The summed E-state index contributed by atoms with van der Waals surface area (Å²) in [4.78, 5) is 45.5. The molecule has 2 heterocycles. The molecule has 10 heteroatoms. The second-order valence-electron chi connectivity index (χ2n) is 5.94. The van der Waals surface area contributed by atoms with Crippen LogP contribution in [0.2, 0.25) is 0 Å². The van der Waals surface area contributed by atoms with Gasteiger partial charge in [0.15, 0.2) is 0 Å². The van der Waals surface area contributed by atoms with Crippen LogP contribution >= 0.6 is 11.8 Å². The number of carboxylic acids is 1. The first-order valence-corrected chi connectivity index (χ1v) is 8.67. The van der Waals surface area contributed by atoms with E-state index in [0.717, 1.165) is 0 Å². The van der Waals surface area contributed by atoms with Gasteiger partial charge >= 0.3 is 12.0 Å². The largest absolute Gasteiger partial charge is 0.481 e. The van der Waals surface area contributed by atoms with E-state index in [1.807, 2.05) is 0 Å². The van der Waals surface area contributed by atoms with Gasteiger partial charge in [-0.05, 0) is 12.8 Å². The Bertz CT molecular complexity index is 531. The third-order valence-corrected chi connectivity index (χ3v) is 5.88. The Labute approximate surface area is 143 Å². The topological polar surface area (TPSA) is 128 Å². The number of nitrogens with one attached hydrogen (secondary N) is 3. The number of hydrazine groups is 1. The number of carboxylic acid groups (broad SMARTS) is 1. The maximum atomic E-state index is 12.8. The van der Waals surface area contributed by atoms with Crippen LogP contribution in [0, 0.1) is 0 Å². The summed E-state index contributed by atoms with van der Waals surface area (Å²) in [5.74, 6) is -0.571. The lowest BCUT2D eigenvalue weighted by Crippen LogP contribution is -2.58. The van der Waals surface area contributed by atoms with Crippen LogP contribution in [0.1, 0.15) is 25.7 Å². The summed E-state index contributed by atoms with van der Waals surface area (Å²) < 4.78 is -0.889. The second-order valence-corrected chi connectivity index (χ2v) is 7.30. The minimum absolute atomic E-state index is 0.0427. The summed E-state index contributed by atoms with van der Waals surface area (Å²) >= 11 is 1.45. The van der Waals surface area contributed by atoms with Crippen LogP contribution in [0.5, 0.6) is 0 Å². The quantitative estimate of drug-likeness (QED) is 0.243. The fourth-order valence-corrected chi connectivity index (χ4v) is 4.68. The summed E-state index contributed by atoms with van der Waals surface area (Å²) in [6.07, 6.45) is 3.20. The highest BCUT2D eigenvalue weighted by Crippen LogP contribution is 2.44. The molecule has 0 unspecified atom stereocenters. The predicted octanol–water partition coefficient (Wildman–Crippen LogP) is -0.760. The molecule has 2 aliphatic rings. The molecule has 0 saturated carbocycles. The fraction of sp³-hybridized carbons (Fsp3) is 0.714. The van der Waals surface area contributed by atoms with Crippen LogP contribution in [-0.4, -0.2) is 70.5 Å². The van der Waals surface area contributed by atoms with E-state index in [0.29, 0.717) is 25.0 Å². The smallest absolute Gasteiger partial charge is 0.315 e. The number of likely N-dealkylation sites (N-methyl/N-ethyl adjacent to an activating group) is 1. The highest BCUT2D eigenvalue weighted by Gasteiger charge is 2.57. The van der Waals surface area contributed by atoms with E-state index < -0.39 is 10.7 Å². The van der Waals surface area contributed by atoms with Gasteiger partial charge in [0.1, 0.15) is 4.75 Å². The van der Waals surface area contributed by atoms with Crippen molar-refractivity contribution in [2.75, 3.05) is 19.3 Å². The molecule has 0 spiro atoms. The van der Waals surface area contributed by atoms with E-state index >= 15 is 0 Å². The number of hydrogen-bond donors (Lipinski definition) is 4. The number of hydrogen-bond acceptors (Lipinski definition) is 6. The molecule has 2 saturated heterocycles. The Kier molecular flexibility index (Phi) is 6.05. The first kappa shape index (κ1) is 18.5. The second kappa shape index (κ2) is 7.84. The molecule has 2 rings (SSSR count). The zero-order chi connectivity index (χ0) is 17.7. The molecule has 133 valence electrons. The summed E-state index contributed by atoms with van der Waals surface area (Å²) in [5.41, 5.74) is 2.66. The lowest BCUT2D eigenvalue weighted by atomic mass is 9.88. The highest BCUT2D eigenvalue weighted by atomic mass is 32.2. The van der Waals surface area contributed by atoms with Crippen LogP contribution in [0.4, 0.5) is 4.79 Å². The Morgan fingerprint density at radius 3 is 2.88 bits per heavy atom. The van der Waals surface area contributed by atoms with Crippen LogP contribution < -0.4 is 16.1 Å². The van der Waals surface area contributed by atoms with Crippen molar-refractivity contribution in [1.82, 2.24) is 21.1 Å². The maximum Gasteiger partial charge on any atom is 0.315 e. The lowest BCUT2D eigenvalue weighted by molar-refractivity contribution is -0.137. The maximum absolute atomic E-state index is 12.8. The Morgan fingerprint density at radius 1 is 1.46 bits per heavy atom. The number of thioether (sulfide) groups is 1. The van der Waals surface area contributed by atoms with Crippen LogP contribution in [0.15, 0.2) is 0 Å². The molecular weight excluding hydrogens is 336 g/mol. The molecule has 2 fully saturated rings. The van der Waals surface area contributed by atoms with Gasteiger partial charge in [-0.25, -0.2) is 9.80 Å². The van der Waals surface area contributed by atoms with E-state index in [-0.39, 0.29) is 37.0 Å². The van der Waals surface area contributed by atoms with Gasteiger partial charge in [0.05, 0.1) is 18.6 Å². The number of rotatable bonds is 9. The molecule has 24 heavy (non-hydrogen) atoms. The van der Waals surface area contributed by atoms with Crippen molar-refractivity contribution < 1.29 is 24.3 Å². The van der Waals surface area contributed by atoms with E-state index in [2.05, 4.69) is 16.1 Å². The van der Waals surface area contributed by atoms with Crippen molar-refractivity contribution in [3.05, 3.63) is 0 Å². The van der Waals surface area contributed by atoms with Gasteiger partial charge in [-0.1, -0.05) is 6.42 Å². The summed E-state index contributed by atoms with van der Waals surface area (Å²) in [6, 6.07) is -0.813. The molecule has 0 aliphatic carbocycles. The highest BCUT2D eigenvalue weighted by molar-refractivity contribution is 8.01. The summed E-state index contributed by atoms with van der Waals surface area (Å²) in [5, 5.41) is 15.7. The molecule has 1 radical (unpaired) electrons. The molecule has 0 aromatic carbocycles. The average molecular weight is 357 g/mol. The zero-order valence-electron chi connectivity index (χ0n) is 13.3. The van der Waals surface area contributed by atoms with Crippen molar-refractivity contribution >= 4 is 36.0 Å². The molecular formula is C14H21N4O5S. The average Bonchev–Trinajstić information content (AvgIpc) is 3.02. The van der Waals surface area contributed by atoms with Crippen molar-refractivity contribution in [2.45, 2.75) is 42.5 Å². The van der Waals surface area contributed by atoms with Gasteiger partial charge < -0.3 is 15.7 Å². The van der Waals surface area contributed by atoms with E-state index in [9.17, 15) is 19.2 Å². The minimum atomic E-state index is -0.889. The SMILES string of the molecule is CN(C[C]=O)NC(=O)[C@@]1(CCCCC(=O)O)SC[C@@H]2NC(=O)N[C@@H]21. The number of nitrogens with zero attached hydrogens (tertiary/aromatic N) is 1. The van der Waals surface area contributed by atoms with Crippen molar-refractivity contribution in [3.8, 4) is 0 Å². The number of urea groups is 1. The Balaban J connectivity index is 2.09. The van der Waals surface area contributed by atoms with Crippen molar-refractivity contribution in [1.29, 1.82) is 0 Å². The number of amides is 3. The van der Waals surface area contributed by atoms with E-state index in [1.165, 1.54) is 16.8 Å². The first-order valence-electron chi connectivity index (χ1n) is 7.69. The summed E-state index contributed by atoms with van der Waals surface area (Å²) in [6.45, 7) is -0.0653. The zero-order valence-corrected chi connectivity index (χ0v) is 14.1. The van der Waals surface area contributed by atoms with Crippen molar-refractivity contribution in [3.63, 3.8) is 0 Å². The van der Waals surface area contributed by atoms with E-state index in [1.54, 1.807) is 13.3 Å². The first-order chi connectivity index (χ1) is 11.4. The molecule has 0 aromatic heterocycles. The Hall–Kier alpha value is -1.81. The van der Waals surface area contributed by atoms with Gasteiger partial charge in [0.2, 0.25) is 6.29 Å².